The molecule has 1 aromatic heterocycles. The topological polar surface area (TPSA) is 67.4 Å². The molecule has 0 aliphatic carbocycles. The van der Waals surface area contributed by atoms with E-state index in [1.54, 1.807) is 42.5 Å². The van der Waals surface area contributed by atoms with Gasteiger partial charge in [-0.2, -0.15) is 0 Å². The molecule has 0 saturated carbocycles. The number of ether oxygens (including phenoxy) is 1. The Morgan fingerprint density at radius 1 is 1.07 bits per heavy atom. The van der Waals surface area contributed by atoms with Gasteiger partial charge in [0, 0.05) is 28.1 Å². The minimum Gasteiger partial charge on any atom is -0.368 e. The summed E-state index contributed by atoms with van der Waals surface area (Å²) in [5.41, 5.74) is 1.23. The molecule has 0 bridgehead atoms. The van der Waals surface area contributed by atoms with E-state index >= 15 is 0 Å². The van der Waals surface area contributed by atoms with Crippen LogP contribution in [0, 0.1) is 5.82 Å². The second-order valence-corrected chi connectivity index (χ2v) is 7.37. The molecule has 1 fully saturated rings. The van der Waals surface area contributed by atoms with Crippen molar-refractivity contribution < 1.29 is 18.7 Å². The van der Waals surface area contributed by atoms with Crippen LogP contribution >= 0.6 is 11.3 Å². The average molecular weight is 384 g/mol. The minimum atomic E-state index is -0.391. The number of anilines is 2. The van der Waals surface area contributed by atoms with Gasteiger partial charge in [0.15, 0.2) is 0 Å². The molecule has 1 unspecified atom stereocenters. The molecule has 1 atom stereocenters. The van der Waals surface area contributed by atoms with Crippen LogP contribution in [0.25, 0.3) is 10.1 Å². The van der Waals surface area contributed by atoms with E-state index in [0.29, 0.717) is 28.2 Å². The first kappa shape index (κ1) is 17.6. The first-order valence-electron chi connectivity index (χ1n) is 8.62. The molecule has 4 rings (SSSR count). The number of fused-ring (bicyclic) bond motifs is 1. The summed E-state index contributed by atoms with van der Waals surface area (Å²) in [7, 11) is 0. The summed E-state index contributed by atoms with van der Waals surface area (Å²) in [6.07, 6.45) is 1.23. The van der Waals surface area contributed by atoms with Crippen molar-refractivity contribution >= 4 is 44.6 Å². The first-order chi connectivity index (χ1) is 13.1. The van der Waals surface area contributed by atoms with E-state index < -0.39 is 6.10 Å². The number of halogens is 1. The van der Waals surface area contributed by atoms with Crippen LogP contribution in [0.4, 0.5) is 15.8 Å². The normalized spacial score (nSPS) is 16.4. The maximum Gasteiger partial charge on any atom is 0.265 e. The van der Waals surface area contributed by atoms with Crippen molar-refractivity contribution in [2.45, 2.75) is 18.9 Å². The molecule has 1 saturated heterocycles. The fourth-order valence-corrected chi connectivity index (χ4v) is 3.94. The summed E-state index contributed by atoms with van der Waals surface area (Å²) in [4.78, 5) is 24.9. The number of amides is 2. The van der Waals surface area contributed by atoms with Gasteiger partial charge in [0.2, 0.25) is 0 Å². The summed E-state index contributed by atoms with van der Waals surface area (Å²) in [6, 6.07) is 13.2. The third kappa shape index (κ3) is 3.84. The monoisotopic (exact) mass is 384 g/mol. The van der Waals surface area contributed by atoms with Crippen molar-refractivity contribution in [3.8, 4) is 0 Å². The van der Waals surface area contributed by atoms with Gasteiger partial charge in [-0.15, -0.1) is 11.3 Å². The Morgan fingerprint density at radius 2 is 1.81 bits per heavy atom. The Morgan fingerprint density at radius 3 is 2.48 bits per heavy atom. The van der Waals surface area contributed by atoms with Crippen LogP contribution in [0.1, 0.15) is 22.5 Å². The second kappa shape index (κ2) is 7.46. The van der Waals surface area contributed by atoms with E-state index in [1.807, 2.05) is 0 Å². The summed E-state index contributed by atoms with van der Waals surface area (Å²) in [5.74, 6) is -0.794. The predicted octanol–water partition coefficient (Wildman–Crippen LogP) is 4.41. The van der Waals surface area contributed by atoms with Gasteiger partial charge in [0.05, 0.1) is 4.88 Å². The van der Waals surface area contributed by atoms with Crippen LogP contribution in [0.15, 0.2) is 48.5 Å². The highest BCUT2D eigenvalue weighted by Crippen LogP contribution is 2.28. The average Bonchev–Trinajstić information content (AvgIpc) is 3.34. The molecule has 138 valence electrons. The minimum absolute atomic E-state index is 0.156. The van der Waals surface area contributed by atoms with Crippen molar-refractivity contribution in [1.29, 1.82) is 0 Å². The molecule has 3 aromatic rings. The second-order valence-electron chi connectivity index (χ2n) is 6.28. The lowest BCUT2D eigenvalue weighted by Gasteiger charge is -2.11. The Balaban J connectivity index is 1.42. The molecule has 2 amide bonds. The molecular weight excluding hydrogens is 367 g/mol. The number of nitrogens with one attached hydrogen (secondary N) is 2. The number of carbonyl (C=O) groups excluding carboxylic acids is 2. The lowest BCUT2D eigenvalue weighted by atomic mass is 10.2. The van der Waals surface area contributed by atoms with E-state index in [0.717, 1.165) is 17.5 Å². The maximum atomic E-state index is 13.8. The maximum absolute atomic E-state index is 13.8. The molecule has 1 aliphatic rings. The smallest absolute Gasteiger partial charge is 0.265 e. The van der Waals surface area contributed by atoms with E-state index in [9.17, 15) is 14.0 Å². The van der Waals surface area contributed by atoms with Crippen molar-refractivity contribution in [1.82, 2.24) is 0 Å². The van der Waals surface area contributed by atoms with Gasteiger partial charge >= 0.3 is 0 Å². The summed E-state index contributed by atoms with van der Waals surface area (Å²) < 4.78 is 19.9. The van der Waals surface area contributed by atoms with Crippen molar-refractivity contribution in [2.75, 3.05) is 17.2 Å². The van der Waals surface area contributed by atoms with E-state index in [-0.39, 0.29) is 17.6 Å². The SMILES string of the molecule is O=C(Nc1ccc(NC(=O)C2CCCO2)cc1)c1cc2c(F)cccc2s1. The molecule has 2 heterocycles. The Kier molecular flexibility index (Phi) is 4.87. The third-order valence-electron chi connectivity index (χ3n) is 4.36. The van der Waals surface area contributed by atoms with Gasteiger partial charge in [-0.3, -0.25) is 9.59 Å². The fourth-order valence-electron chi connectivity index (χ4n) is 2.97. The van der Waals surface area contributed by atoms with Gasteiger partial charge in [-0.05, 0) is 55.3 Å². The van der Waals surface area contributed by atoms with Crippen molar-refractivity contribution in [3.05, 3.63) is 59.2 Å². The highest BCUT2D eigenvalue weighted by Gasteiger charge is 2.23. The summed E-state index contributed by atoms with van der Waals surface area (Å²) >= 11 is 1.24. The molecule has 1 aliphatic heterocycles. The van der Waals surface area contributed by atoms with E-state index in [2.05, 4.69) is 10.6 Å². The lowest BCUT2D eigenvalue weighted by molar-refractivity contribution is -0.124. The van der Waals surface area contributed by atoms with Gasteiger partial charge in [0.1, 0.15) is 11.9 Å². The zero-order valence-electron chi connectivity index (χ0n) is 14.3. The van der Waals surface area contributed by atoms with Gasteiger partial charge < -0.3 is 15.4 Å². The standard InChI is InChI=1S/C20H17FN2O3S/c21-15-3-1-5-17-14(15)11-18(27-17)20(25)23-13-8-6-12(7-9-13)22-19(24)16-4-2-10-26-16/h1,3,5-9,11,16H,2,4,10H2,(H,22,24)(H,23,25). The zero-order chi connectivity index (χ0) is 18.8. The van der Waals surface area contributed by atoms with Crippen LogP contribution in [-0.4, -0.2) is 24.5 Å². The quantitative estimate of drug-likeness (QED) is 0.700. The molecule has 0 spiro atoms. The van der Waals surface area contributed by atoms with Crippen molar-refractivity contribution in [3.63, 3.8) is 0 Å². The molecule has 2 N–H and O–H groups in total. The van der Waals surface area contributed by atoms with E-state index in [1.165, 1.54) is 17.4 Å². The number of benzene rings is 2. The third-order valence-corrected chi connectivity index (χ3v) is 5.46. The van der Waals surface area contributed by atoms with Gasteiger partial charge in [0.25, 0.3) is 11.8 Å². The molecule has 2 aromatic carbocycles. The lowest BCUT2D eigenvalue weighted by Crippen LogP contribution is -2.26. The largest absolute Gasteiger partial charge is 0.368 e. The highest BCUT2D eigenvalue weighted by molar-refractivity contribution is 7.20. The molecule has 5 nitrogen and oxygen atoms in total. The molecule has 0 radical (unpaired) electrons. The molecule has 27 heavy (non-hydrogen) atoms. The number of rotatable bonds is 4. The zero-order valence-corrected chi connectivity index (χ0v) is 15.1. The summed E-state index contributed by atoms with van der Waals surface area (Å²) in [5, 5.41) is 6.03. The van der Waals surface area contributed by atoms with Crippen LogP contribution in [0.3, 0.4) is 0 Å². The Hall–Kier alpha value is -2.77. The number of thiophene rings is 1. The van der Waals surface area contributed by atoms with Crippen LogP contribution in [0.5, 0.6) is 0 Å². The fraction of sp³-hybridized carbons (Fsp3) is 0.200. The number of hydrogen-bond acceptors (Lipinski definition) is 4. The summed E-state index contributed by atoms with van der Waals surface area (Å²) in [6.45, 7) is 0.616. The number of hydrogen-bond donors (Lipinski definition) is 2. The number of carbonyl (C=O) groups is 2. The van der Waals surface area contributed by atoms with Crippen LogP contribution in [-0.2, 0) is 9.53 Å². The predicted molar refractivity (Wildman–Crippen MR) is 104 cm³/mol. The Bertz CT molecular complexity index is 994. The first-order valence-corrected chi connectivity index (χ1v) is 9.44. The van der Waals surface area contributed by atoms with Crippen molar-refractivity contribution in [2.24, 2.45) is 0 Å². The van der Waals surface area contributed by atoms with Gasteiger partial charge in [-0.25, -0.2) is 4.39 Å². The Labute approximate surface area is 159 Å². The molecule has 7 heteroatoms. The highest BCUT2D eigenvalue weighted by atomic mass is 32.1. The molecular formula is C20H17FN2O3S. The van der Waals surface area contributed by atoms with Crippen LogP contribution in [0.2, 0.25) is 0 Å². The van der Waals surface area contributed by atoms with Gasteiger partial charge in [-0.1, -0.05) is 6.07 Å². The van der Waals surface area contributed by atoms with E-state index in [4.69, 9.17) is 4.74 Å². The van der Waals surface area contributed by atoms with Crippen LogP contribution < -0.4 is 10.6 Å².